The molecule has 1 amide bonds. The van der Waals surface area contributed by atoms with Crippen molar-refractivity contribution in [1.29, 1.82) is 0 Å². The highest BCUT2D eigenvalue weighted by Gasteiger charge is 2.20. The molecular weight excluding hydrogens is 288 g/mol. The third-order valence-electron chi connectivity index (χ3n) is 3.13. The highest BCUT2D eigenvalue weighted by atomic mass is 35.5. The number of carbonyl (C=O) groups is 1. The Labute approximate surface area is 122 Å². The largest absolute Gasteiger partial charge is 0.325 e. The van der Waals surface area contributed by atoms with Crippen molar-refractivity contribution in [1.82, 2.24) is 10.2 Å². The van der Waals surface area contributed by atoms with E-state index in [-0.39, 0.29) is 36.6 Å². The summed E-state index contributed by atoms with van der Waals surface area (Å²) >= 11 is 0. The SMILES string of the molecule is CC1CNCCN1CC(=O)Nc1cc(F)cc(F)c1.Cl. The van der Waals surface area contributed by atoms with Crippen LogP contribution in [0, 0.1) is 11.6 Å². The molecule has 4 nitrogen and oxygen atoms in total. The standard InChI is InChI=1S/C13H17F2N3O.ClH/c1-9-7-16-2-3-18(9)8-13(19)17-12-5-10(14)4-11(15)6-12;/h4-6,9,16H,2-3,7-8H2,1H3,(H,17,19);1H. The van der Waals surface area contributed by atoms with E-state index in [2.05, 4.69) is 10.6 Å². The molecular formula is C13H18ClF2N3O. The van der Waals surface area contributed by atoms with E-state index in [1.165, 1.54) is 0 Å². The molecule has 0 bridgehead atoms. The average Bonchev–Trinajstić information content (AvgIpc) is 2.30. The van der Waals surface area contributed by atoms with E-state index >= 15 is 0 Å². The molecule has 1 saturated heterocycles. The van der Waals surface area contributed by atoms with Crippen LogP contribution in [0.2, 0.25) is 0 Å². The molecule has 7 heteroatoms. The number of nitrogens with one attached hydrogen (secondary N) is 2. The molecule has 0 aromatic heterocycles. The van der Waals surface area contributed by atoms with E-state index in [9.17, 15) is 13.6 Å². The fourth-order valence-electron chi connectivity index (χ4n) is 2.13. The number of hydrogen-bond donors (Lipinski definition) is 2. The van der Waals surface area contributed by atoms with Gasteiger partial charge in [0.15, 0.2) is 0 Å². The molecule has 1 aromatic rings. The lowest BCUT2D eigenvalue weighted by Crippen LogP contribution is -2.51. The summed E-state index contributed by atoms with van der Waals surface area (Å²) < 4.78 is 26.0. The molecule has 0 saturated carbocycles. The number of amides is 1. The Morgan fingerprint density at radius 3 is 2.65 bits per heavy atom. The zero-order valence-electron chi connectivity index (χ0n) is 11.2. The molecule has 112 valence electrons. The molecule has 1 fully saturated rings. The average molecular weight is 306 g/mol. The topological polar surface area (TPSA) is 44.4 Å². The van der Waals surface area contributed by atoms with Gasteiger partial charge < -0.3 is 10.6 Å². The van der Waals surface area contributed by atoms with Gasteiger partial charge in [-0.1, -0.05) is 0 Å². The van der Waals surface area contributed by atoms with Gasteiger partial charge in [0.05, 0.1) is 6.54 Å². The molecule has 2 rings (SSSR count). The highest BCUT2D eigenvalue weighted by Crippen LogP contribution is 2.13. The third kappa shape index (κ3) is 4.70. The number of rotatable bonds is 3. The maximum atomic E-state index is 13.0. The normalized spacial score (nSPS) is 19.2. The molecule has 1 aromatic carbocycles. The zero-order chi connectivity index (χ0) is 13.8. The van der Waals surface area contributed by atoms with Crippen LogP contribution in [0.1, 0.15) is 6.92 Å². The Hall–Kier alpha value is -1.24. The van der Waals surface area contributed by atoms with Gasteiger partial charge in [0.2, 0.25) is 5.91 Å². The first-order valence-electron chi connectivity index (χ1n) is 6.25. The fourth-order valence-corrected chi connectivity index (χ4v) is 2.13. The Kier molecular flexibility index (Phi) is 6.32. The Morgan fingerprint density at radius 1 is 1.40 bits per heavy atom. The van der Waals surface area contributed by atoms with Crippen molar-refractivity contribution in [3.05, 3.63) is 29.8 Å². The summed E-state index contributed by atoms with van der Waals surface area (Å²) in [5, 5.41) is 5.74. The molecule has 0 spiro atoms. The van der Waals surface area contributed by atoms with Crippen LogP contribution in [0.15, 0.2) is 18.2 Å². The molecule has 2 N–H and O–H groups in total. The number of anilines is 1. The Bertz CT molecular complexity index is 453. The van der Waals surface area contributed by atoms with Crippen LogP contribution in [0.5, 0.6) is 0 Å². The zero-order valence-corrected chi connectivity index (χ0v) is 12.0. The van der Waals surface area contributed by atoms with Crippen LogP contribution < -0.4 is 10.6 Å². The number of piperazine rings is 1. The van der Waals surface area contributed by atoms with Crippen LogP contribution in [-0.4, -0.2) is 43.0 Å². The molecule has 1 unspecified atom stereocenters. The number of carbonyl (C=O) groups excluding carboxylic acids is 1. The van der Waals surface area contributed by atoms with Crippen molar-refractivity contribution in [2.75, 3.05) is 31.5 Å². The molecule has 0 radical (unpaired) electrons. The van der Waals surface area contributed by atoms with Gasteiger partial charge in [-0.05, 0) is 19.1 Å². The monoisotopic (exact) mass is 305 g/mol. The second kappa shape index (κ2) is 7.52. The van der Waals surface area contributed by atoms with E-state index in [4.69, 9.17) is 0 Å². The molecule has 0 aliphatic carbocycles. The smallest absolute Gasteiger partial charge is 0.238 e. The number of hydrogen-bond acceptors (Lipinski definition) is 3. The second-order valence-electron chi connectivity index (χ2n) is 4.73. The van der Waals surface area contributed by atoms with Gasteiger partial charge in [-0.25, -0.2) is 8.78 Å². The Morgan fingerprint density at radius 2 is 2.05 bits per heavy atom. The minimum Gasteiger partial charge on any atom is -0.325 e. The van der Waals surface area contributed by atoms with Crippen molar-refractivity contribution < 1.29 is 13.6 Å². The minimum atomic E-state index is -0.703. The van der Waals surface area contributed by atoms with Crippen molar-refractivity contribution in [2.45, 2.75) is 13.0 Å². The predicted octanol–water partition coefficient (Wildman–Crippen LogP) is 1.62. The molecule has 1 aliphatic rings. The number of benzene rings is 1. The second-order valence-corrected chi connectivity index (χ2v) is 4.73. The van der Waals surface area contributed by atoms with Crippen LogP contribution >= 0.6 is 12.4 Å². The van der Waals surface area contributed by atoms with E-state index in [0.29, 0.717) is 0 Å². The van der Waals surface area contributed by atoms with Gasteiger partial charge in [-0.2, -0.15) is 0 Å². The van der Waals surface area contributed by atoms with Crippen molar-refractivity contribution in [3.8, 4) is 0 Å². The van der Waals surface area contributed by atoms with Crippen LogP contribution in [0.25, 0.3) is 0 Å². The first-order chi connectivity index (χ1) is 9.04. The Balaban J connectivity index is 0.00000200. The van der Waals surface area contributed by atoms with E-state index in [0.717, 1.165) is 37.8 Å². The first kappa shape index (κ1) is 16.8. The lowest BCUT2D eigenvalue weighted by molar-refractivity contribution is -0.118. The highest BCUT2D eigenvalue weighted by molar-refractivity contribution is 5.92. The van der Waals surface area contributed by atoms with Gasteiger partial charge in [0, 0.05) is 37.4 Å². The summed E-state index contributed by atoms with van der Waals surface area (Å²) in [4.78, 5) is 13.9. The summed E-state index contributed by atoms with van der Waals surface area (Å²) in [7, 11) is 0. The van der Waals surface area contributed by atoms with Gasteiger partial charge in [-0.3, -0.25) is 9.69 Å². The number of nitrogens with zero attached hydrogens (tertiary/aromatic N) is 1. The van der Waals surface area contributed by atoms with E-state index in [1.54, 1.807) is 0 Å². The first-order valence-corrected chi connectivity index (χ1v) is 6.25. The summed E-state index contributed by atoms with van der Waals surface area (Å²) in [6.45, 7) is 4.71. The van der Waals surface area contributed by atoms with Gasteiger partial charge in [0.1, 0.15) is 11.6 Å². The summed E-state index contributed by atoms with van der Waals surface area (Å²) in [5.74, 6) is -1.67. The van der Waals surface area contributed by atoms with Crippen molar-refractivity contribution in [3.63, 3.8) is 0 Å². The van der Waals surface area contributed by atoms with Gasteiger partial charge in [0.25, 0.3) is 0 Å². The summed E-state index contributed by atoms with van der Waals surface area (Å²) in [6.07, 6.45) is 0. The maximum absolute atomic E-state index is 13.0. The van der Waals surface area contributed by atoms with Crippen molar-refractivity contribution in [2.24, 2.45) is 0 Å². The van der Waals surface area contributed by atoms with Gasteiger partial charge in [-0.15, -0.1) is 12.4 Å². The quantitative estimate of drug-likeness (QED) is 0.892. The minimum absolute atomic E-state index is 0. The van der Waals surface area contributed by atoms with Crippen LogP contribution in [0.3, 0.4) is 0 Å². The van der Waals surface area contributed by atoms with Crippen LogP contribution in [0.4, 0.5) is 14.5 Å². The van der Waals surface area contributed by atoms with E-state index < -0.39 is 11.6 Å². The van der Waals surface area contributed by atoms with Crippen LogP contribution in [-0.2, 0) is 4.79 Å². The van der Waals surface area contributed by atoms with E-state index in [1.807, 2.05) is 11.8 Å². The molecule has 1 aliphatic heterocycles. The maximum Gasteiger partial charge on any atom is 0.238 e. The predicted molar refractivity (Wildman–Crippen MR) is 76.1 cm³/mol. The fraction of sp³-hybridized carbons (Fsp3) is 0.462. The molecule has 20 heavy (non-hydrogen) atoms. The van der Waals surface area contributed by atoms with Crippen molar-refractivity contribution >= 4 is 24.0 Å². The molecule has 1 heterocycles. The molecule has 1 atom stereocenters. The third-order valence-corrected chi connectivity index (χ3v) is 3.13. The lowest BCUT2D eigenvalue weighted by Gasteiger charge is -2.33. The summed E-state index contributed by atoms with van der Waals surface area (Å²) in [5.41, 5.74) is 0.144. The van der Waals surface area contributed by atoms with Gasteiger partial charge >= 0.3 is 0 Å². The summed E-state index contributed by atoms with van der Waals surface area (Å²) in [6, 6.07) is 3.24. The number of halogens is 3. The lowest BCUT2D eigenvalue weighted by atomic mass is 10.2.